The Balaban J connectivity index is 2.35. The minimum atomic E-state index is -4.20. The highest BCUT2D eigenvalue weighted by atomic mass is 32.2. The lowest BCUT2D eigenvalue weighted by atomic mass is 10.1. The molecule has 0 heterocycles. The van der Waals surface area contributed by atoms with Crippen molar-refractivity contribution in [1.29, 1.82) is 0 Å². The molecule has 0 saturated heterocycles. The van der Waals surface area contributed by atoms with Crippen LogP contribution in [0, 0.1) is 0 Å². The first kappa shape index (κ1) is 13.9. The quantitative estimate of drug-likeness (QED) is 0.689. The molecule has 0 fully saturated rings. The molecule has 0 aliphatic carbocycles. The Bertz CT molecular complexity index is 703. The summed E-state index contributed by atoms with van der Waals surface area (Å²) in [5, 5.41) is 0. The van der Waals surface area contributed by atoms with Crippen LogP contribution in [0.25, 0.3) is 11.1 Å². The van der Waals surface area contributed by atoms with E-state index in [1.165, 1.54) is 36.4 Å². The van der Waals surface area contributed by atoms with Gasteiger partial charge in [-0.1, -0.05) is 24.3 Å². The molecule has 2 aromatic carbocycles. The lowest BCUT2D eigenvalue weighted by molar-refractivity contribution is 0.483. The van der Waals surface area contributed by atoms with Crippen molar-refractivity contribution in [3.05, 3.63) is 48.5 Å². The van der Waals surface area contributed by atoms with Crippen LogP contribution in [0.15, 0.2) is 58.3 Å². The molecule has 100 valence electrons. The molecule has 2 aromatic rings. The molecule has 1 unspecified atom stereocenters. The molecule has 0 radical (unpaired) electrons. The van der Waals surface area contributed by atoms with E-state index in [4.69, 9.17) is 4.55 Å². The molecule has 2 rings (SSSR count). The van der Waals surface area contributed by atoms with Crippen LogP contribution in [0.5, 0.6) is 0 Å². The van der Waals surface area contributed by atoms with Crippen LogP contribution in [-0.2, 0) is 21.2 Å². The molecule has 0 aromatic heterocycles. The first-order valence-corrected chi connectivity index (χ1v) is 7.67. The fraction of sp³-hybridized carbons (Fsp3) is 0. The van der Waals surface area contributed by atoms with E-state index in [-0.39, 0.29) is 9.79 Å². The monoisotopic (exact) mass is 297 g/mol. The molecular formula is C12H9O5S2-. The van der Waals surface area contributed by atoms with E-state index in [1.807, 2.05) is 0 Å². The zero-order chi connectivity index (χ0) is 14.0. The Kier molecular flexibility index (Phi) is 3.81. The molecule has 0 amide bonds. The third-order valence-electron chi connectivity index (χ3n) is 2.53. The average Bonchev–Trinajstić information content (AvgIpc) is 2.38. The summed E-state index contributed by atoms with van der Waals surface area (Å²) in [5.41, 5.74) is 1.46. The van der Waals surface area contributed by atoms with Gasteiger partial charge in [-0.25, -0.2) is 0 Å². The predicted molar refractivity (Wildman–Crippen MR) is 68.9 cm³/mol. The first-order valence-electron chi connectivity index (χ1n) is 5.15. The fourth-order valence-electron chi connectivity index (χ4n) is 1.58. The van der Waals surface area contributed by atoms with Gasteiger partial charge in [0, 0.05) is 4.90 Å². The van der Waals surface area contributed by atoms with Gasteiger partial charge in [0.15, 0.2) is 0 Å². The SMILES string of the molecule is O=S([O-])c1ccc(-c2ccc(S(=O)(=O)O)cc2)cc1. The summed E-state index contributed by atoms with van der Waals surface area (Å²) in [6.07, 6.45) is 0. The molecule has 0 saturated carbocycles. The van der Waals surface area contributed by atoms with Gasteiger partial charge < -0.3 is 4.55 Å². The number of hydrogen-bond donors (Lipinski definition) is 1. The lowest BCUT2D eigenvalue weighted by Crippen LogP contribution is -1.97. The van der Waals surface area contributed by atoms with Gasteiger partial charge in [-0.3, -0.25) is 8.76 Å². The topological polar surface area (TPSA) is 94.5 Å². The summed E-state index contributed by atoms with van der Waals surface area (Å²) in [6, 6.07) is 11.8. The van der Waals surface area contributed by atoms with Gasteiger partial charge in [0.05, 0.1) is 4.90 Å². The highest BCUT2D eigenvalue weighted by molar-refractivity contribution is 7.85. The summed E-state index contributed by atoms with van der Waals surface area (Å²) in [7, 11) is -4.20. The van der Waals surface area contributed by atoms with Crippen LogP contribution >= 0.6 is 0 Å². The maximum absolute atomic E-state index is 10.9. The van der Waals surface area contributed by atoms with E-state index < -0.39 is 21.2 Å². The van der Waals surface area contributed by atoms with Gasteiger partial charge >= 0.3 is 0 Å². The van der Waals surface area contributed by atoms with Crippen LogP contribution in [-0.4, -0.2) is 21.7 Å². The van der Waals surface area contributed by atoms with E-state index in [0.717, 1.165) is 11.1 Å². The summed E-state index contributed by atoms with van der Waals surface area (Å²) in [6.45, 7) is 0. The van der Waals surface area contributed by atoms with E-state index in [1.54, 1.807) is 12.1 Å². The third kappa shape index (κ3) is 3.27. The van der Waals surface area contributed by atoms with Crippen LogP contribution in [0.3, 0.4) is 0 Å². The zero-order valence-corrected chi connectivity index (χ0v) is 11.1. The summed E-state index contributed by atoms with van der Waals surface area (Å²) in [4.78, 5) is -0.00756. The largest absolute Gasteiger partial charge is 0.768 e. The van der Waals surface area contributed by atoms with Crippen molar-refractivity contribution in [3.8, 4) is 11.1 Å². The van der Waals surface area contributed by atoms with Gasteiger partial charge in [-0.15, -0.1) is 0 Å². The number of benzene rings is 2. The maximum atomic E-state index is 10.9. The lowest BCUT2D eigenvalue weighted by Gasteiger charge is -2.07. The maximum Gasteiger partial charge on any atom is 0.294 e. The Hall–Kier alpha value is -1.54. The normalized spacial score (nSPS) is 13.2. The van der Waals surface area contributed by atoms with Gasteiger partial charge in [0.1, 0.15) is 0 Å². The van der Waals surface area contributed by atoms with Crippen LogP contribution in [0.4, 0.5) is 0 Å². The van der Waals surface area contributed by atoms with Crippen molar-refractivity contribution < 1.29 is 21.7 Å². The molecule has 1 N–H and O–H groups in total. The Morgan fingerprint density at radius 1 is 0.895 bits per heavy atom. The van der Waals surface area contributed by atoms with Crippen LogP contribution in [0.1, 0.15) is 0 Å². The summed E-state index contributed by atoms with van der Waals surface area (Å²) in [5.74, 6) is 0. The van der Waals surface area contributed by atoms with Crippen LogP contribution in [0.2, 0.25) is 0 Å². The molecule has 19 heavy (non-hydrogen) atoms. The van der Waals surface area contributed by atoms with Crippen molar-refractivity contribution in [3.63, 3.8) is 0 Å². The second-order valence-electron chi connectivity index (χ2n) is 3.76. The Morgan fingerprint density at radius 2 is 1.32 bits per heavy atom. The van der Waals surface area contributed by atoms with Crippen molar-refractivity contribution in [1.82, 2.24) is 0 Å². The van der Waals surface area contributed by atoms with Crippen molar-refractivity contribution >= 4 is 21.2 Å². The van der Waals surface area contributed by atoms with Gasteiger partial charge in [0.2, 0.25) is 0 Å². The zero-order valence-electron chi connectivity index (χ0n) is 9.52. The molecule has 0 aliphatic rings. The molecular weight excluding hydrogens is 288 g/mol. The van der Waals surface area contributed by atoms with Crippen molar-refractivity contribution in [2.24, 2.45) is 0 Å². The number of rotatable bonds is 3. The molecule has 5 nitrogen and oxygen atoms in total. The molecule has 0 spiro atoms. The van der Waals surface area contributed by atoms with Crippen molar-refractivity contribution in [2.45, 2.75) is 9.79 Å². The minimum absolute atomic E-state index is 0.179. The average molecular weight is 297 g/mol. The minimum Gasteiger partial charge on any atom is -0.768 e. The van der Waals surface area contributed by atoms with Gasteiger partial charge in [-0.05, 0) is 46.5 Å². The second-order valence-corrected chi connectivity index (χ2v) is 6.12. The standard InChI is InChI=1S/C12H10O5S2/c13-18(14)11-5-1-9(2-6-11)10-3-7-12(8-4-10)19(15,16)17/h1-8H,(H,13,14)(H,15,16,17)/p-1. The second kappa shape index (κ2) is 5.22. The summed E-state index contributed by atoms with van der Waals surface area (Å²) < 4.78 is 52.0. The molecule has 0 aliphatic heterocycles. The molecule has 0 bridgehead atoms. The van der Waals surface area contributed by atoms with E-state index in [2.05, 4.69) is 0 Å². The van der Waals surface area contributed by atoms with E-state index in [0.29, 0.717) is 0 Å². The smallest absolute Gasteiger partial charge is 0.294 e. The van der Waals surface area contributed by atoms with E-state index >= 15 is 0 Å². The first-order chi connectivity index (χ1) is 8.88. The highest BCUT2D eigenvalue weighted by Gasteiger charge is 2.08. The molecule has 1 atom stereocenters. The predicted octanol–water partition coefficient (Wildman–Crippen LogP) is 1.84. The van der Waals surface area contributed by atoms with E-state index in [9.17, 15) is 17.2 Å². The van der Waals surface area contributed by atoms with Gasteiger partial charge in [0.25, 0.3) is 10.1 Å². The van der Waals surface area contributed by atoms with Crippen molar-refractivity contribution in [2.75, 3.05) is 0 Å². The molecule has 7 heteroatoms. The highest BCUT2D eigenvalue weighted by Crippen LogP contribution is 2.22. The van der Waals surface area contributed by atoms with Gasteiger partial charge in [-0.2, -0.15) is 8.42 Å². The fourth-order valence-corrected chi connectivity index (χ4v) is 2.42. The Morgan fingerprint density at radius 3 is 1.68 bits per heavy atom. The summed E-state index contributed by atoms with van der Waals surface area (Å²) >= 11 is -2.27. The Labute approximate surface area is 112 Å². The van der Waals surface area contributed by atoms with Crippen LogP contribution < -0.4 is 0 Å². The third-order valence-corrected chi connectivity index (χ3v) is 4.06. The number of hydrogen-bond acceptors (Lipinski definition) is 4.